The molecule has 0 aromatic carbocycles. The van der Waals surface area contributed by atoms with Crippen LogP contribution in [0.15, 0.2) is 0 Å². The second kappa shape index (κ2) is 12.5. The number of hydrogen-bond acceptors (Lipinski definition) is 3. The smallest absolute Gasteiger partial charge is 0.305 e. The van der Waals surface area contributed by atoms with Gasteiger partial charge >= 0.3 is 5.97 Å². The third-order valence-electron chi connectivity index (χ3n) is 2.28. The van der Waals surface area contributed by atoms with Crippen molar-refractivity contribution < 1.29 is 14.3 Å². The summed E-state index contributed by atoms with van der Waals surface area (Å²) in [5.41, 5.74) is 0. The van der Waals surface area contributed by atoms with Crippen molar-refractivity contribution in [3.05, 3.63) is 0 Å². The number of unbranched alkanes of at least 4 members (excludes halogenated alkanes) is 3. The summed E-state index contributed by atoms with van der Waals surface area (Å²) in [5.74, 6) is -0.0528. The summed E-state index contributed by atoms with van der Waals surface area (Å²) in [5, 5.41) is 0. The van der Waals surface area contributed by atoms with Crippen LogP contribution in [0, 0.1) is 0 Å². The molecular formula is C13H26O3. The summed E-state index contributed by atoms with van der Waals surface area (Å²) < 4.78 is 10.4. The second-order valence-corrected chi connectivity index (χ2v) is 4.00. The molecular weight excluding hydrogens is 204 g/mol. The molecule has 3 heteroatoms. The Bertz CT molecular complexity index is 157. The maximum Gasteiger partial charge on any atom is 0.305 e. The SMILES string of the molecule is CCCCOC(=O)CCCCCOCCC. The summed E-state index contributed by atoms with van der Waals surface area (Å²) in [4.78, 5) is 11.2. The molecule has 0 bridgehead atoms. The minimum atomic E-state index is -0.0528. The van der Waals surface area contributed by atoms with Gasteiger partial charge in [0.05, 0.1) is 6.61 Å². The summed E-state index contributed by atoms with van der Waals surface area (Å²) >= 11 is 0. The molecule has 0 amide bonds. The summed E-state index contributed by atoms with van der Waals surface area (Å²) in [7, 11) is 0. The Hall–Kier alpha value is -0.570. The Labute approximate surface area is 99.5 Å². The van der Waals surface area contributed by atoms with Crippen LogP contribution in [0.5, 0.6) is 0 Å². The van der Waals surface area contributed by atoms with Gasteiger partial charge in [0.2, 0.25) is 0 Å². The number of carbonyl (C=O) groups excluding carboxylic acids is 1. The molecule has 0 N–H and O–H groups in total. The van der Waals surface area contributed by atoms with Gasteiger partial charge in [-0.15, -0.1) is 0 Å². The number of carbonyl (C=O) groups is 1. The molecule has 0 saturated carbocycles. The predicted molar refractivity (Wildman–Crippen MR) is 65.4 cm³/mol. The second-order valence-electron chi connectivity index (χ2n) is 4.00. The van der Waals surface area contributed by atoms with Crippen molar-refractivity contribution in [1.29, 1.82) is 0 Å². The third kappa shape index (κ3) is 11.5. The molecule has 0 rings (SSSR count). The van der Waals surface area contributed by atoms with Gasteiger partial charge in [0, 0.05) is 19.6 Å². The number of rotatable bonds is 11. The van der Waals surface area contributed by atoms with Crippen molar-refractivity contribution in [3.8, 4) is 0 Å². The van der Waals surface area contributed by atoms with E-state index in [0.717, 1.165) is 51.7 Å². The minimum Gasteiger partial charge on any atom is -0.466 e. The summed E-state index contributed by atoms with van der Waals surface area (Å²) in [6.45, 7) is 6.43. The lowest BCUT2D eigenvalue weighted by atomic mass is 10.2. The average Bonchev–Trinajstić information content (AvgIpc) is 2.28. The van der Waals surface area contributed by atoms with E-state index in [9.17, 15) is 4.79 Å². The van der Waals surface area contributed by atoms with Crippen LogP contribution in [0.2, 0.25) is 0 Å². The van der Waals surface area contributed by atoms with Crippen LogP contribution in [0.1, 0.15) is 58.8 Å². The first-order chi connectivity index (χ1) is 7.81. The van der Waals surface area contributed by atoms with Gasteiger partial charge in [0.15, 0.2) is 0 Å². The fourth-order valence-corrected chi connectivity index (χ4v) is 1.30. The normalized spacial score (nSPS) is 10.4. The van der Waals surface area contributed by atoms with Crippen molar-refractivity contribution >= 4 is 5.97 Å². The highest BCUT2D eigenvalue weighted by Gasteiger charge is 2.01. The Morgan fingerprint density at radius 1 is 0.875 bits per heavy atom. The van der Waals surface area contributed by atoms with Crippen LogP contribution in [0.25, 0.3) is 0 Å². The highest BCUT2D eigenvalue weighted by molar-refractivity contribution is 5.69. The maximum atomic E-state index is 11.2. The zero-order valence-corrected chi connectivity index (χ0v) is 10.8. The van der Waals surface area contributed by atoms with E-state index in [1.807, 2.05) is 0 Å². The number of hydrogen-bond donors (Lipinski definition) is 0. The van der Waals surface area contributed by atoms with Crippen molar-refractivity contribution in [1.82, 2.24) is 0 Å². The lowest BCUT2D eigenvalue weighted by Gasteiger charge is -2.04. The van der Waals surface area contributed by atoms with E-state index in [2.05, 4.69) is 13.8 Å². The van der Waals surface area contributed by atoms with Crippen molar-refractivity contribution in [2.24, 2.45) is 0 Å². The fraction of sp³-hybridized carbons (Fsp3) is 0.923. The summed E-state index contributed by atoms with van der Waals surface area (Å²) in [6, 6.07) is 0. The van der Waals surface area contributed by atoms with Gasteiger partial charge in [-0.1, -0.05) is 26.7 Å². The molecule has 0 aromatic rings. The quantitative estimate of drug-likeness (QED) is 0.403. The van der Waals surface area contributed by atoms with Crippen molar-refractivity contribution in [2.75, 3.05) is 19.8 Å². The van der Waals surface area contributed by atoms with Crippen LogP contribution < -0.4 is 0 Å². The van der Waals surface area contributed by atoms with E-state index < -0.39 is 0 Å². The Morgan fingerprint density at radius 2 is 1.69 bits per heavy atom. The van der Waals surface area contributed by atoms with Crippen LogP contribution in [-0.2, 0) is 14.3 Å². The topological polar surface area (TPSA) is 35.5 Å². The van der Waals surface area contributed by atoms with Crippen molar-refractivity contribution in [2.45, 2.75) is 58.8 Å². The van der Waals surface area contributed by atoms with Crippen LogP contribution in [0.4, 0.5) is 0 Å². The molecule has 0 aliphatic heterocycles. The van der Waals surface area contributed by atoms with E-state index in [1.54, 1.807) is 0 Å². The molecule has 96 valence electrons. The molecule has 0 radical (unpaired) electrons. The van der Waals surface area contributed by atoms with Gasteiger partial charge in [-0.3, -0.25) is 4.79 Å². The van der Waals surface area contributed by atoms with Crippen molar-refractivity contribution in [3.63, 3.8) is 0 Å². The first-order valence-corrected chi connectivity index (χ1v) is 6.54. The largest absolute Gasteiger partial charge is 0.466 e. The number of ether oxygens (including phenoxy) is 2. The Morgan fingerprint density at radius 3 is 2.38 bits per heavy atom. The molecule has 0 spiro atoms. The highest BCUT2D eigenvalue weighted by Crippen LogP contribution is 2.02. The summed E-state index contributed by atoms with van der Waals surface area (Å²) in [6.07, 6.45) is 6.68. The van der Waals surface area contributed by atoms with E-state index in [-0.39, 0.29) is 5.97 Å². The monoisotopic (exact) mass is 230 g/mol. The number of esters is 1. The van der Waals surface area contributed by atoms with E-state index >= 15 is 0 Å². The van der Waals surface area contributed by atoms with Gasteiger partial charge in [0.1, 0.15) is 0 Å². The zero-order valence-electron chi connectivity index (χ0n) is 10.8. The third-order valence-corrected chi connectivity index (χ3v) is 2.28. The van der Waals surface area contributed by atoms with Crippen LogP contribution >= 0.6 is 0 Å². The molecule has 0 heterocycles. The molecule has 0 aromatic heterocycles. The molecule has 0 aliphatic rings. The Kier molecular flexibility index (Phi) is 12.1. The fourth-order valence-electron chi connectivity index (χ4n) is 1.30. The molecule has 16 heavy (non-hydrogen) atoms. The molecule has 3 nitrogen and oxygen atoms in total. The molecule has 0 unspecified atom stereocenters. The zero-order chi connectivity index (χ0) is 12.1. The first-order valence-electron chi connectivity index (χ1n) is 6.54. The van der Waals surface area contributed by atoms with E-state index in [1.165, 1.54) is 0 Å². The Balaban J connectivity index is 3.09. The van der Waals surface area contributed by atoms with Gasteiger partial charge in [0.25, 0.3) is 0 Å². The van der Waals surface area contributed by atoms with E-state index in [0.29, 0.717) is 13.0 Å². The minimum absolute atomic E-state index is 0.0528. The molecule has 0 fully saturated rings. The average molecular weight is 230 g/mol. The predicted octanol–water partition coefficient (Wildman–Crippen LogP) is 3.32. The van der Waals surface area contributed by atoms with Crippen LogP contribution in [0.3, 0.4) is 0 Å². The van der Waals surface area contributed by atoms with Crippen LogP contribution in [-0.4, -0.2) is 25.8 Å². The van der Waals surface area contributed by atoms with E-state index in [4.69, 9.17) is 9.47 Å². The maximum absolute atomic E-state index is 11.2. The first kappa shape index (κ1) is 15.4. The molecule has 0 aliphatic carbocycles. The van der Waals surface area contributed by atoms with Gasteiger partial charge in [-0.2, -0.15) is 0 Å². The molecule has 0 atom stereocenters. The van der Waals surface area contributed by atoms with Gasteiger partial charge in [-0.25, -0.2) is 0 Å². The van der Waals surface area contributed by atoms with Gasteiger partial charge < -0.3 is 9.47 Å². The lowest BCUT2D eigenvalue weighted by Crippen LogP contribution is -2.05. The standard InChI is InChI=1S/C13H26O3/c1-3-5-12-16-13(14)9-7-6-8-11-15-10-4-2/h3-12H2,1-2H3. The molecule has 0 saturated heterocycles. The van der Waals surface area contributed by atoms with Gasteiger partial charge in [-0.05, 0) is 25.7 Å². The lowest BCUT2D eigenvalue weighted by molar-refractivity contribution is -0.143. The highest BCUT2D eigenvalue weighted by atomic mass is 16.5.